The molecule has 1 heterocycles. The standard InChI is InChI=1S/C7H17N3/c1-2-3-5-8-10-7-4-6-9-10/h8-9H,2-7H2,1H3. The first-order chi connectivity index (χ1) is 4.93. The molecule has 0 bridgehead atoms. The first kappa shape index (κ1) is 7.98. The zero-order chi connectivity index (χ0) is 7.23. The fraction of sp³-hybridized carbons (Fsp3) is 1.00. The lowest BCUT2D eigenvalue weighted by molar-refractivity contribution is 0.165. The summed E-state index contributed by atoms with van der Waals surface area (Å²) in [7, 11) is 0. The Morgan fingerprint density at radius 2 is 2.50 bits per heavy atom. The highest BCUT2D eigenvalue weighted by atomic mass is 15.7. The van der Waals surface area contributed by atoms with Crippen molar-refractivity contribution in [2.45, 2.75) is 26.2 Å². The van der Waals surface area contributed by atoms with Gasteiger partial charge < -0.3 is 0 Å². The van der Waals surface area contributed by atoms with Gasteiger partial charge in [0.25, 0.3) is 0 Å². The van der Waals surface area contributed by atoms with Gasteiger partial charge in [-0.25, -0.2) is 10.9 Å². The maximum absolute atomic E-state index is 3.30. The average Bonchev–Trinajstić information content (AvgIpc) is 2.41. The third-order valence-electron chi connectivity index (χ3n) is 1.69. The van der Waals surface area contributed by atoms with Crippen LogP contribution in [0.25, 0.3) is 0 Å². The Bertz CT molecular complexity index is 78.9. The SMILES string of the molecule is CCCCNN1CCCN1. The van der Waals surface area contributed by atoms with Crippen molar-refractivity contribution in [3.63, 3.8) is 0 Å². The summed E-state index contributed by atoms with van der Waals surface area (Å²) in [6.45, 7) is 5.57. The second-order valence-corrected chi connectivity index (χ2v) is 2.67. The van der Waals surface area contributed by atoms with E-state index < -0.39 is 0 Å². The van der Waals surface area contributed by atoms with Crippen LogP contribution in [0, 0.1) is 0 Å². The minimum absolute atomic E-state index is 1.10. The summed E-state index contributed by atoms with van der Waals surface area (Å²) in [5, 5.41) is 2.09. The molecule has 0 amide bonds. The number of rotatable bonds is 4. The highest BCUT2D eigenvalue weighted by Crippen LogP contribution is 1.91. The topological polar surface area (TPSA) is 27.3 Å². The normalized spacial score (nSPS) is 20.1. The number of nitrogens with zero attached hydrogens (tertiary/aromatic N) is 1. The number of hydrogen-bond acceptors (Lipinski definition) is 3. The zero-order valence-electron chi connectivity index (χ0n) is 6.69. The monoisotopic (exact) mass is 143 g/mol. The van der Waals surface area contributed by atoms with Gasteiger partial charge in [0.15, 0.2) is 0 Å². The van der Waals surface area contributed by atoms with Crippen molar-refractivity contribution in [2.24, 2.45) is 0 Å². The molecule has 1 saturated heterocycles. The fourth-order valence-electron chi connectivity index (χ4n) is 1.06. The van der Waals surface area contributed by atoms with Crippen molar-refractivity contribution in [3.05, 3.63) is 0 Å². The lowest BCUT2D eigenvalue weighted by Gasteiger charge is -2.15. The largest absolute Gasteiger partial charge is 0.242 e. The van der Waals surface area contributed by atoms with Crippen LogP contribution in [0.4, 0.5) is 0 Å². The number of hydrazine groups is 2. The summed E-state index contributed by atoms with van der Waals surface area (Å²) in [5.41, 5.74) is 6.54. The van der Waals surface area contributed by atoms with Gasteiger partial charge in [0, 0.05) is 19.6 Å². The highest BCUT2D eigenvalue weighted by molar-refractivity contribution is 4.56. The van der Waals surface area contributed by atoms with Gasteiger partial charge in [-0.2, -0.15) is 5.12 Å². The van der Waals surface area contributed by atoms with E-state index in [-0.39, 0.29) is 0 Å². The molecule has 2 N–H and O–H groups in total. The molecule has 0 atom stereocenters. The third-order valence-corrected chi connectivity index (χ3v) is 1.69. The second kappa shape index (κ2) is 4.66. The maximum atomic E-state index is 3.30. The van der Waals surface area contributed by atoms with Crippen LogP contribution in [0.15, 0.2) is 0 Å². The summed E-state index contributed by atoms with van der Waals surface area (Å²) in [4.78, 5) is 0. The molecule has 1 aliphatic heterocycles. The summed E-state index contributed by atoms with van der Waals surface area (Å²) in [6, 6.07) is 0. The van der Waals surface area contributed by atoms with Crippen LogP contribution < -0.4 is 10.9 Å². The summed E-state index contributed by atoms with van der Waals surface area (Å²) >= 11 is 0. The van der Waals surface area contributed by atoms with Crippen molar-refractivity contribution in [1.82, 2.24) is 16.0 Å². The van der Waals surface area contributed by atoms with E-state index in [4.69, 9.17) is 0 Å². The molecular weight excluding hydrogens is 126 g/mol. The summed E-state index contributed by atoms with van der Waals surface area (Å²) < 4.78 is 0. The van der Waals surface area contributed by atoms with Gasteiger partial charge in [-0.3, -0.25) is 0 Å². The van der Waals surface area contributed by atoms with Gasteiger partial charge in [0.1, 0.15) is 0 Å². The molecule has 3 nitrogen and oxygen atoms in total. The van der Waals surface area contributed by atoms with E-state index in [1.807, 2.05) is 0 Å². The van der Waals surface area contributed by atoms with Gasteiger partial charge >= 0.3 is 0 Å². The van der Waals surface area contributed by atoms with Crippen LogP contribution in [-0.4, -0.2) is 24.8 Å². The Kier molecular flexibility index (Phi) is 3.72. The molecule has 0 aromatic carbocycles. The molecule has 0 aromatic rings. The molecule has 0 unspecified atom stereocenters. The van der Waals surface area contributed by atoms with Crippen molar-refractivity contribution in [3.8, 4) is 0 Å². The van der Waals surface area contributed by atoms with Gasteiger partial charge in [-0.05, 0) is 12.8 Å². The Balaban J connectivity index is 1.91. The lowest BCUT2D eigenvalue weighted by Crippen LogP contribution is -2.43. The Morgan fingerprint density at radius 1 is 1.60 bits per heavy atom. The third kappa shape index (κ3) is 2.64. The van der Waals surface area contributed by atoms with E-state index in [0.29, 0.717) is 0 Å². The fourth-order valence-corrected chi connectivity index (χ4v) is 1.06. The minimum Gasteiger partial charge on any atom is -0.242 e. The van der Waals surface area contributed by atoms with Crippen molar-refractivity contribution in [1.29, 1.82) is 0 Å². The Hall–Kier alpha value is -0.120. The molecule has 0 saturated carbocycles. The predicted molar refractivity (Wildman–Crippen MR) is 42.2 cm³/mol. The second-order valence-electron chi connectivity index (χ2n) is 2.67. The molecule has 10 heavy (non-hydrogen) atoms. The van der Waals surface area contributed by atoms with Crippen LogP contribution in [0.3, 0.4) is 0 Å². The average molecular weight is 143 g/mol. The number of nitrogens with one attached hydrogen (secondary N) is 2. The van der Waals surface area contributed by atoms with E-state index in [2.05, 4.69) is 22.9 Å². The van der Waals surface area contributed by atoms with E-state index in [1.54, 1.807) is 0 Å². The van der Waals surface area contributed by atoms with E-state index in [9.17, 15) is 0 Å². The zero-order valence-corrected chi connectivity index (χ0v) is 6.69. The highest BCUT2D eigenvalue weighted by Gasteiger charge is 2.07. The summed E-state index contributed by atoms with van der Waals surface area (Å²) in [5.74, 6) is 0. The Labute approximate surface area is 62.7 Å². The van der Waals surface area contributed by atoms with Gasteiger partial charge in [-0.1, -0.05) is 13.3 Å². The van der Waals surface area contributed by atoms with E-state index in [1.165, 1.54) is 19.3 Å². The number of unbranched alkanes of at least 4 members (excludes halogenated alkanes) is 1. The molecule has 60 valence electrons. The van der Waals surface area contributed by atoms with Crippen LogP contribution in [-0.2, 0) is 0 Å². The number of hydrogen-bond donors (Lipinski definition) is 2. The van der Waals surface area contributed by atoms with Crippen LogP contribution in [0.1, 0.15) is 26.2 Å². The molecule has 1 rings (SSSR count). The van der Waals surface area contributed by atoms with Crippen LogP contribution >= 0.6 is 0 Å². The summed E-state index contributed by atoms with van der Waals surface area (Å²) in [6.07, 6.45) is 3.79. The maximum Gasteiger partial charge on any atom is 0.0300 e. The molecular formula is C7H17N3. The minimum atomic E-state index is 1.10. The smallest absolute Gasteiger partial charge is 0.0300 e. The molecule has 0 spiro atoms. The molecule has 3 heteroatoms. The molecule has 0 radical (unpaired) electrons. The van der Waals surface area contributed by atoms with E-state index >= 15 is 0 Å². The molecule has 1 aliphatic rings. The van der Waals surface area contributed by atoms with Crippen LogP contribution in [0.5, 0.6) is 0 Å². The first-order valence-electron chi connectivity index (χ1n) is 4.18. The first-order valence-corrected chi connectivity index (χ1v) is 4.18. The molecule has 0 aliphatic carbocycles. The van der Waals surface area contributed by atoms with E-state index in [0.717, 1.165) is 19.6 Å². The van der Waals surface area contributed by atoms with Gasteiger partial charge in [-0.15, -0.1) is 0 Å². The van der Waals surface area contributed by atoms with Gasteiger partial charge in [0.2, 0.25) is 0 Å². The molecule has 0 aromatic heterocycles. The quantitative estimate of drug-likeness (QED) is 0.561. The lowest BCUT2D eigenvalue weighted by atomic mass is 10.3. The Morgan fingerprint density at radius 3 is 3.10 bits per heavy atom. The van der Waals surface area contributed by atoms with Gasteiger partial charge in [0.05, 0.1) is 0 Å². The molecule has 1 fully saturated rings. The van der Waals surface area contributed by atoms with Crippen molar-refractivity contribution < 1.29 is 0 Å². The van der Waals surface area contributed by atoms with Crippen LogP contribution in [0.2, 0.25) is 0 Å². The predicted octanol–water partition coefficient (Wildman–Crippen LogP) is 0.501. The van der Waals surface area contributed by atoms with Crippen molar-refractivity contribution in [2.75, 3.05) is 19.6 Å². The van der Waals surface area contributed by atoms with Crippen molar-refractivity contribution >= 4 is 0 Å².